The Balaban J connectivity index is 1.80. The molecule has 2 heterocycles. The zero-order chi connectivity index (χ0) is 19.8. The van der Waals surface area contributed by atoms with Gasteiger partial charge in [-0.05, 0) is 49.0 Å². The number of benzene rings is 2. The molecule has 2 aromatic carbocycles. The number of hydrogen-bond donors (Lipinski definition) is 0. The normalized spacial score (nSPS) is 16.0. The van der Waals surface area contributed by atoms with Gasteiger partial charge in [0.15, 0.2) is 0 Å². The number of carbonyl (C=O) groups excluding carboxylic acids is 2. The van der Waals surface area contributed by atoms with Crippen molar-refractivity contribution in [3.63, 3.8) is 0 Å². The lowest BCUT2D eigenvalue weighted by Crippen LogP contribution is -2.27. The first kappa shape index (κ1) is 19.0. The SMILES string of the molecule is CCN1C(=O)S/C(=C\c2cn(Cc3ccccc3F)c3ccc(Br)cc23)C1=O. The van der Waals surface area contributed by atoms with Crippen LogP contribution in [0.3, 0.4) is 0 Å². The summed E-state index contributed by atoms with van der Waals surface area (Å²) < 4.78 is 17.0. The summed E-state index contributed by atoms with van der Waals surface area (Å²) in [6, 6.07) is 12.5. The van der Waals surface area contributed by atoms with Crippen molar-refractivity contribution in [1.29, 1.82) is 0 Å². The van der Waals surface area contributed by atoms with E-state index in [1.807, 2.05) is 35.0 Å². The highest BCUT2D eigenvalue weighted by Gasteiger charge is 2.33. The average Bonchev–Trinajstić information content (AvgIpc) is 3.13. The molecule has 0 radical (unpaired) electrons. The van der Waals surface area contributed by atoms with Crippen molar-refractivity contribution in [2.24, 2.45) is 0 Å². The number of fused-ring (bicyclic) bond motifs is 1. The molecule has 28 heavy (non-hydrogen) atoms. The van der Waals surface area contributed by atoms with Crippen molar-refractivity contribution in [3.05, 3.63) is 75.0 Å². The lowest BCUT2D eigenvalue weighted by atomic mass is 10.1. The third kappa shape index (κ3) is 3.40. The van der Waals surface area contributed by atoms with E-state index in [2.05, 4.69) is 15.9 Å². The van der Waals surface area contributed by atoms with Gasteiger partial charge in [-0.3, -0.25) is 14.5 Å². The number of thioether (sulfide) groups is 1. The zero-order valence-electron chi connectivity index (χ0n) is 15.0. The summed E-state index contributed by atoms with van der Waals surface area (Å²) in [5.41, 5.74) is 2.32. The lowest BCUT2D eigenvalue weighted by Gasteiger charge is -2.06. The summed E-state index contributed by atoms with van der Waals surface area (Å²) in [6.07, 6.45) is 3.64. The summed E-state index contributed by atoms with van der Waals surface area (Å²) in [6.45, 7) is 2.49. The number of hydrogen-bond acceptors (Lipinski definition) is 3. The maximum Gasteiger partial charge on any atom is 0.293 e. The molecule has 1 aromatic heterocycles. The van der Waals surface area contributed by atoms with Gasteiger partial charge in [0.25, 0.3) is 11.1 Å². The van der Waals surface area contributed by atoms with Gasteiger partial charge in [-0.1, -0.05) is 34.1 Å². The molecule has 0 atom stereocenters. The highest BCUT2D eigenvalue weighted by Crippen LogP contribution is 2.34. The third-order valence-electron chi connectivity index (χ3n) is 4.65. The Labute approximate surface area is 174 Å². The zero-order valence-corrected chi connectivity index (χ0v) is 17.4. The van der Waals surface area contributed by atoms with Gasteiger partial charge in [-0.15, -0.1) is 0 Å². The van der Waals surface area contributed by atoms with Crippen molar-refractivity contribution in [2.75, 3.05) is 6.54 Å². The van der Waals surface area contributed by atoms with E-state index in [9.17, 15) is 14.0 Å². The molecule has 0 aliphatic carbocycles. The van der Waals surface area contributed by atoms with Crippen LogP contribution >= 0.6 is 27.7 Å². The first-order valence-electron chi connectivity index (χ1n) is 8.75. The molecule has 1 saturated heterocycles. The molecule has 0 N–H and O–H groups in total. The number of nitrogens with zero attached hydrogens (tertiary/aromatic N) is 2. The van der Waals surface area contributed by atoms with Gasteiger partial charge in [-0.2, -0.15) is 0 Å². The average molecular weight is 459 g/mol. The second kappa shape index (κ2) is 7.56. The molecular formula is C21H16BrFN2O2S. The van der Waals surface area contributed by atoms with Gasteiger partial charge in [-0.25, -0.2) is 4.39 Å². The number of rotatable bonds is 4. The highest BCUT2D eigenvalue weighted by atomic mass is 79.9. The quantitative estimate of drug-likeness (QED) is 0.474. The minimum Gasteiger partial charge on any atom is -0.342 e. The van der Waals surface area contributed by atoms with Crippen LogP contribution in [0.1, 0.15) is 18.1 Å². The van der Waals surface area contributed by atoms with E-state index in [0.29, 0.717) is 23.6 Å². The largest absolute Gasteiger partial charge is 0.342 e. The maximum absolute atomic E-state index is 14.1. The molecule has 142 valence electrons. The Morgan fingerprint density at radius 1 is 1.18 bits per heavy atom. The number of halogens is 2. The van der Waals surface area contributed by atoms with Gasteiger partial charge in [0.05, 0.1) is 11.4 Å². The Kier molecular flexibility index (Phi) is 5.12. The van der Waals surface area contributed by atoms with Crippen LogP contribution in [-0.2, 0) is 11.3 Å². The first-order valence-corrected chi connectivity index (χ1v) is 10.4. The molecule has 1 fully saturated rings. The van der Waals surface area contributed by atoms with Crippen molar-refractivity contribution in [1.82, 2.24) is 9.47 Å². The predicted molar refractivity (Wildman–Crippen MR) is 113 cm³/mol. The van der Waals surface area contributed by atoms with Crippen molar-refractivity contribution < 1.29 is 14.0 Å². The molecule has 3 aromatic rings. The van der Waals surface area contributed by atoms with E-state index in [1.54, 1.807) is 25.1 Å². The molecule has 0 spiro atoms. The number of carbonyl (C=O) groups is 2. The fraction of sp³-hybridized carbons (Fsp3) is 0.143. The molecular weight excluding hydrogens is 443 g/mol. The maximum atomic E-state index is 14.1. The fourth-order valence-electron chi connectivity index (χ4n) is 3.27. The molecule has 0 saturated carbocycles. The topological polar surface area (TPSA) is 42.3 Å². The van der Waals surface area contributed by atoms with Crippen molar-refractivity contribution in [3.8, 4) is 0 Å². The van der Waals surface area contributed by atoms with Crippen LogP contribution in [0.25, 0.3) is 17.0 Å². The van der Waals surface area contributed by atoms with Crippen LogP contribution in [0, 0.1) is 5.82 Å². The van der Waals surface area contributed by atoms with Gasteiger partial charge >= 0.3 is 0 Å². The molecule has 7 heteroatoms. The molecule has 1 aliphatic rings. The standard InChI is InChI=1S/C21H16BrFN2O2S/c1-2-25-20(26)19(28-21(25)27)9-14-12-24(11-13-5-3-4-6-17(13)23)18-8-7-15(22)10-16(14)18/h3-10,12H,2,11H2,1H3/b19-9-. The minimum absolute atomic E-state index is 0.255. The van der Waals surface area contributed by atoms with Crippen LogP contribution in [0.5, 0.6) is 0 Å². The molecule has 0 unspecified atom stereocenters. The van der Waals surface area contributed by atoms with Crippen molar-refractivity contribution >= 4 is 55.8 Å². The van der Waals surface area contributed by atoms with Crippen LogP contribution in [0.4, 0.5) is 9.18 Å². The summed E-state index contributed by atoms with van der Waals surface area (Å²) >= 11 is 4.43. The van der Waals surface area contributed by atoms with E-state index in [-0.39, 0.29) is 17.0 Å². The monoisotopic (exact) mass is 458 g/mol. The van der Waals surface area contributed by atoms with Gasteiger partial charge in [0, 0.05) is 39.2 Å². The lowest BCUT2D eigenvalue weighted by molar-refractivity contribution is -0.122. The van der Waals surface area contributed by atoms with Gasteiger partial charge in [0.2, 0.25) is 0 Å². The minimum atomic E-state index is -0.275. The first-order chi connectivity index (χ1) is 13.5. The number of amides is 2. The molecule has 1 aliphatic heterocycles. The van der Waals surface area contributed by atoms with E-state index in [4.69, 9.17) is 0 Å². The molecule has 4 nitrogen and oxygen atoms in total. The summed E-state index contributed by atoms with van der Waals surface area (Å²) in [5.74, 6) is -0.533. The Morgan fingerprint density at radius 3 is 2.68 bits per heavy atom. The van der Waals surface area contributed by atoms with Gasteiger partial charge in [0.1, 0.15) is 5.82 Å². The number of aromatic nitrogens is 1. The predicted octanol–water partition coefficient (Wildman–Crippen LogP) is 5.65. The number of imide groups is 1. The summed E-state index contributed by atoms with van der Waals surface area (Å²) in [4.78, 5) is 26.1. The second-order valence-electron chi connectivity index (χ2n) is 6.39. The summed E-state index contributed by atoms with van der Waals surface area (Å²) in [7, 11) is 0. The third-order valence-corrected chi connectivity index (χ3v) is 6.05. The number of likely N-dealkylation sites (N-methyl/N-ethyl adjacent to an activating group) is 1. The molecule has 2 amide bonds. The van der Waals surface area contributed by atoms with Crippen LogP contribution in [0.2, 0.25) is 0 Å². The Morgan fingerprint density at radius 2 is 1.96 bits per heavy atom. The van der Waals surface area contributed by atoms with Crippen LogP contribution < -0.4 is 0 Å². The van der Waals surface area contributed by atoms with Crippen molar-refractivity contribution in [2.45, 2.75) is 13.5 Å². The van der Waals surface area contributed by atoms with Crippen LogP contribution in [0.15, 0.2) is 58.0 Å². The van der Waals surface area contributed by atoms with E-state index < -0.39 is 0 Å². The second-order valence-corrected chi connectivity index (χ2v) is 8.30. The summed E-state index contributed by atoms with van der Waals surface area (Å²) in [5, 5.41) is 0.670. The Bertz CT molecular complexity index is 1140. The highest BCUT2D eigenvalue weighted by molar-refractivity contribution is 9.10. The molecule has 0 bridgehead atoms. The van der Waals surface area contributed by atoms with E-state index >= 15 is 0 Å². The smallest absolute Gasteiger partial charge is 0.293 e. The van der Waals surface area contributed by atoms with Gasteiger partial charge < -0.3 is 4.57 Å². The fourth-order valence-corrected chi connectivity index (χ4v) is 4.52. The van der Waals surface area contributed by atoms with E-state index in [1.165, 1.54) is 11.0 Å². The van der Waals surface area contributed by atoms with E-state index in [0.717, 1.165) is 32.7 Å². The molecule has 4 rings (SSSR count). The van der Waals surface area contributed by atoms with Crippen LogP contribution in [-0.4, -0.2) is 27.2 Å². The Hall–Kier alpha value is -2.38.